The number of pyridine rings is 1. The van der Waals surface area contributed by atoms with Crippen molar-refractivity contribution in [3.8, 4) is 5.75 Å². The molecule has 0 spiro atoms. The second-order valence-electron chi connectivity index (χ2n) is 6.09. The molecule has 0 aliphatic heterocycles. The number of hydrogen-bond donors (Lipinski definition) is 1. The first-order chi connectivity index (χ1) is 13.6. The van der Waals surface area contributed by atoms with Crippen LogP contribution in [0.2, 0.25) is 5.02 Å². The zero-order chi connectivity index (χ0) is 19.8. The Morgan fingerprint density at radius 3 is 2.50 bits per heavy atom. The van der Waals surface area contributed by atoms with Gasteiger partial charge >= 0.3 is 0 Å². The minimum absolute atomic E-state index is 0.128. The van der Waals surface area contributed by atoms with Gasteiger partial charge in [0, 0.05) is 31.0 Å². The van der Waals surface area contributed by atoms with Gasteiger partial charge in [-0.2, -0.15) is 0 Å². The van der Waals surface area contributed by atoms with E-state index in [0.717, 1.165) is 18.8 Å². The molecule has 0 bridgehead atoms. The topological polar surface area (TPSA) is 80.2 Å². The Balaban J connectivity index is 1.46. The highest BCUT2D eigenvalue weighted by Crippen LogP contribution is 2.15. The van der Waals surface area contributed by atoms with E-state index in [1.54, 1.807) is 42.7 Å². The molecule has 1 aromatic carbocycles. The van der Waals surface area contributed by atoms with Crippen LogP contribution in [0, 0.1) is 0 Å². The summed E-state index contributed by atoms with van der Waals surface area (Å²) in [6.45, 7) is 0.663. The van der Waals surface area contributed by atoms with Crippen molar-refractivity contribution in [2.24, 2.45) is 0 Å². The maximum Gasteiger partial charge on any atom is 0.263 e. The maximum atomic E-state index is 12.0. The summed E-state index contributed by atoms with van der Waals surface area (Å²) in [6, 6.07) is 14.3. The van der Waals surface area contributed by atoms with Gasteiger partial charge in [-0.1, -0.05) is 11.6 Å². The summed E-state index contributed by atoms with van der Waals surface area (Å²) in [6.07, 6.45) is 4.44. The van der Waals surface area contributed by atoms with Crippen LogP contribution in [0.15, 0.2) is 60.9 Å². The number of likely N-dealkylation sites (N-methyl/N-ethyl adjacent to an activating group) is 1. The van der Waals surface area contributed by atoms with Gasteiger partial charge < -0.3 is 15.0 Å². The van der Waals surface area contributed by atoms with Crippen LogP contribution in [0.1, 0.15) is 5.56 Å². The molecule has 0 aliphatic rings. The Morgan fingerprint density at radius 1 is 1.07 bits per heavy atom. The Labute approximate surface area is 168 Å². The molecule has 0 saturated carbocycles. The standard InChI is InChI=1S/C20H20ClN5O2/c1-26(13-10-15-8-11-22-12-9-15)19-7-6-18(24-25-19)23-20(27)14-28-17-4-2-16(21)3-5-17/h2-9,11-12H,10,13-14H2,1H3,(H,23,24,27). The van der Waals surface area contributed by atoms with Crippen LogP contribution in [0.5, 0.6) is 5.75 Å². The van der Waals surface area contributed by atoms with Crippen molar-refractivity contribution in [1.82, 2.24) is 15.2 Å². The summed E-state index contributed by atoms with van der Waals surface area (Å²) in [7, 11) is 1.95. The number of anilines is 2. The number of hydrogen-bond acceptors (Lipinski definition) is 6. The van der Waals surface area contributed by atoms with E-state index in [4.69, 9.17) is 16.3 Å². The Morgan fingerprint density at radius 2 is 1.82 bits per heavy atom. The zero-order valence-electron chi connectivity index (χ0n) is 15.4. The first-order valence-electron chi connectivity index (χ1n) is 8.72. The van der Waals surface area contributed by atoms with E-state index in [9.17, 15) is 4.79 Å². The van der Waals surface area contributed by atoms with E-state index in [0.29, 0.717) is 16.6 Å². The van der Waals surface area contributed by atoms with Gasteiger partial charge in [-0.15, -0.1) is 10.2 Å². The molecule has 0 radical (unpaired) electrons. The molecule has 0 fully saturated rings. The van der Waals surface area contributed by atoms with Gasteiger partial charge in [0.2, 0.25) is 0 Å². The number of benzene rings is 1. The van der Waals surface area contributed by atoms with Gasteiger partial charge in [0.05, 0.1) is 0 Å². The molecule has 0 saturated heterocycles. The number of nitrogens with zero attached hydrogens (tertiary/aromatic N) is 4. The third kappa shape index (κ3) is 5.92. The molecule has 3 aromatic rings. The summed E-state index contributed by atoms with van der Waals surface area (Å²) in [4.78, 5) is 18.0. The molecule has 2 heterocycles. The Bertz CT molecular complexity index is 889. The number of rotatable bonds is 8. The van der Waals surface area contributed by atoms with Crippen LogP contribution in [0.4, 0.5) is 11.6 Å². The minimum atomic E-state index is -0.317. The van der Waals surface area contributed by atoms with E-state index in [-0.39, 0.29) is 12.5 Å². The van der Waals surface area contributed by atoms with E-state index < -0.39 is 0 Å². The zero-order valence-corrected chi connectivity index (χ0v) is 16.1. The van der Waals surface area contributed by atoms with E-state index in [2.05, 4.69) is 20.5 Å². The molecule has 1 N–H and O–H groups in total. The third-order valence-electron chi connectivity index (χ3n) is 3.98. The third-order valence-corrected chi connectivity index (χ3v) is 4.23. The fraction of sp³-hybridized carbons (Fsp3) is 0.200. The van der Waals surface area contributed by atoms with Crippen molar-refractivity contribution >= 4 is 29.1 Å². The van der Waals surface area contributed by atoms with Gasteiger partial charge in [0.25, 0.3) is 5.91 Å². The maximum absolute atomic E-state index is 12.0. The average Bonchev–Trinajstić information content (AvgIpc) is 2.73. The first-order valence-corrected chi connectivity index (χ1v) is 9.10. The molecule has 144 valence electrons. The second-order valence-corrected chi connectivity index (χ2v) is 6.53. The molecule has 8 heteroatoms. The molecule has 1 amide bonds. The van der Waals surface area contributed by atoms with Crippen LogP contribution in [-0.2, 0) is 11.2 Å². The van der Waals surface area contributed by atoms with Crippen molar-refractivity contribution < 1.29 is 9.53 Å². The molecule has 3 rings (SSSR count). The number of ether oxygens (including phenoxy) is 1. The summed E-state index contributed by atoms with van der Waals surface area (Å²) >= 11 is 5.81. The number of amides is 1. The van der Waals surface area contributed by atoms with Crippen LogP contribution in [0.3, 0.4) is 0 Å². The molecular weight excluding hydrogens is 378 g/mol. The van der Waals surface area contributed by atoms with Crippen molar-refractivity contribution in [1.29, 1.82) is 0 Å². The predicted octanol–water partition coefficient (Wildman–Crippen LogP) is 3.22. The van der Waals surface area contributed by atoms with Gasteiger partial charge in [-0.3, -0.25) is 9.78 Å². The highest BCUT2D eigenvalue weighted by Gasteiger charge is 2.08. The van der Waals surface area contributed by atoms with E-state index in [1.165, 1.54) is 5.56 Å². The monoisotopic (exact) mass is 397 g/mol. The fourth-order valence-corrected chi connectivity index (χ4v) is 2.54. The van der Waals surface area contributed by atoms with Crippen LogP contribution >= 0.6 is 11.6 Å². The number of aromatic nitrogens is 3. The average molecular weight is 398 g/mol. The van der Waals surface area contributed by atoms with Gasteiger partial charge in [-0.25, -0.2) is 0 Å². The van der Waals surface area contributed by atoms with Crippen molar-refractivity contribution in [2.75, 3.05) is 30.4 Å². The summed E-state index contributed by atoms with van der Waals surface area (Å²) in [5.74, 6) is 1.35. The fourth-order valence-electron chi connectivity index (χ4n) is 2.41. The predicted molar refractivity (Wildman–Crippen MR) is 109 cm³/mol. The molecule has 7 nitrogen and oxygen atoms in total. The molecule has 28 heavy (non-hydrogen) atoms. The second kappa shape index (κ2) is 9.66. The highest BCUT2D eigenvalue weighted by atomic mass is 35.5. The first kappa shape index (κ1) is 19.6. The Kier molecular flexibility index (Phi) is 6.75. The molecular formula is C20H20ClN5O2. The van der Waals surface area contributed by atoms with Gasteiger partial charge in [0.1, 0.15) is 5.75 Å². The van der Waals surface area contributed by atoms with Crippen LogP contribution in [-0.4, -0.2) is 41.3 Å². The van der Waals surface area contributed by atoms with Gasteiger partial charge in [-0.05, 0) is 60.5 Å². The molecule has 0 atom stereocenters. The normalized spacial score (nSPS) is 10.4. The van der Waals surface area contributed by atoms with E-state index in [1.807, 2.05) is 30.1 Å². The number of carbonyl (C=O) groups excluding carboxylic acids is 1. The lowest BCUT2D eigenvalue weighted by Gasteiger charge is -2.17. The van der Waals surface area contributed by atoms with Crippen molar-refractivity contribution in [3.05, 3.63) is 71.5 Å². The van der Waals surface area contributed by atoms with E-state index >= 15 is 0 Å². The molecule has 0 aliphatic carbocycles. The van der Waals surface area contributed by atoms with Crippen molar-refractivity contribution in [2.45, 2.75) is 6.42 Å². The summed E-state index contributed by atoms with van der Waals surface area (Å²) in [5, 5.41) is 11.5. The smallest absolute Gasteiger partial charge is 0.263 e. The van der Waals surface area contributed by atoms with Crippen LogP contribution in [0.25, 0.3) is 0 Å². The lowest BCUT2D eigenvalue weighted by molar-refractivity contribution is -0.118. The number of nitrogens with one attached hydrogen (secondary N) is 1. The highest BCUT2D eigenvalue weighted by molar-refractivity contribution is 6.30. The lowest BCUT2D eigenvalue weighted by atomic mass is 10.2. The Hall–Kier alpha value is -3.19. The lowest BCUT2D eigenvalue weighted by Crippen LogP contribution is -2.23. The number of carbonyl (C=O) groups is 1. The minimum Gasteiger partial charge on any atom is -0.484 e. The molecule has 0 unspecified atom stereocenters. The number of halogens is 1. The quantitative estimate of drug-likeness (QED) is 0.628. The van der Waals surface area contributed by atoms with Gasteiger partial charge in [0.15, 0.2) is 18.2 Å². The SMILES string of the molecule is CN(CCc1ccncc1)c1ccc(NC(=O)COc2ccc(Cl)cc2)nn1. The van der Waals surface area contributed by atoms with Crippen LogP contribution < -0.4 is 15.0 Å². The summed E-state index contributed by atoms with van der Waals surface area (Å²) < 4.78 is 5.40. The summed E-state index contributed by atoms with van der Waals surface area (Å²) in [5.41, 5.74) is 1.21. The molecule has 2 aromatic heterocycles. The van der Waals surface area contributed by atoms with Crippen molar-refractivity contribution in [3.63, 3.8) is 0 Å². The largest absolute Gasteiger partial charge is 0.484 e.